The Balaban J connectivity index is 1.63. The van der Waals surface area contributed by atoms with Crippen LogP contribution in [0.2, 0.25) is 5.02 Å². The van der Waals surface area contributed by atoms with Crippen molar-refractivity contribution in [3.8, 4) is 0 Å². The molecule has 1 aliphatic heterocycles. The molecule has 3 heteroatoms. The largest absolute Gasteiger partial charge is 0.330 e. The van der Waals surface area contributed by atoms with Gasteiger partial charge >= 0.3 is 0 Å². The summed E-state index contributed by atoms with van der Waals surface area (Å²) in [5, 5.41) is 1.51. The number of hydrogen-bond donors (Lipinski definition) is 1. The van der Waals surface area contributed by atoms with Gasteiger partial charge in [-0.1, -0.05) is 48.0 Å². The van der Waals surface area contributed by atoms with E-state index in [1.165, 1.54) is 22.4 Å². The lowest BCUT2D eigenvalue weighted by Gasteiger charge is -2.19. The fraction of sp³-hybridized carbons (Fsp3) is 0.333. The second-order valence-electron chi connectivity index (χ2n) is 5.68. The number of thioether (sulfide) groups is 1. The highest BCUT2D eigenvalue weighted by atomic mass is 35.5. The Bertz CT molecular complexity index is 589. The first-order valence-electron chi connectivity index (χ1n) is 7.44. The van der Waals surface area contributed by atoms with E-state index in [2.05, 4.69) is 36.4 Å². The molecule has 2 aromatic rings. The lowest BCUT2D eigenvalue weighted by atomic mass is 9.93. The molecule has 0 bridgehead atoms. The molecular weight excluding hydrogens is 298 g/mol. The van der Waals surface area contributed by atoms with Crippen LogP contribution in [0.25, 0.3) is 0 Å². The van der Waals surface area contributed by atoms with Crippen LogP contribution in [0.3, 0.4) is 0 Å². The van der Waals surface area contributed by atoms with Crippen molar-refractivity contribution in [3.05, 3.63) is 64.7 Å². The summed E-state index contributed by atoms with van der Waals surface area (Å²) in [4.78, 5) is 1.44. The monoisotopic (exact) mass is 317 g/mol. The molecule has 0 saturated carbocycles. The zero-order valence-electron chi connectivity index (χ0n) is 12.0. The lowest BCUT2D eigenvalue weighted by Crippen LogP contribution is -2.21. The SMILES string of the molecule is NCC(Cc1ccccc1Cl)CC1Cc2ccccc2S1. The summed E-state index contributed by atoms with van der Waals surface area (Å²) in [7, 11) is 0. The molecule has 0 radical (unpaired) electrons. The van der Waals surface area contributed by atoms with Crippen LogP contribution in [0.5, 0.6) is 0 Å². The number of fused-ring (bicyclic) bond motifs is 1. The molecule has 21 heavy (non-hydrogen) atoms. The third kappa shape index (κ3) is 3.63. The van der Waals surface area contributed by atoms with E-state index in [1.807, 2.05) is 23.9 Å². The number of benzene rings is 2. The van der Waals surface area contributed by atoms with Gasteiger partial charge in [-0.25, -0.2) is 0 Å². The number of halogens is 1. The van der Waals surface area contributed by atoms with Crippen molar-refractivity contribution in [2.45, 2.75) is 29.4 Å². The topological polar surface area (TPSA) is 26.0 Å². The van der Waals surface area contributed by atoms with Crippen molar-refractivity contribution in [2.24, 2.45) is 11.7 Å². The van der Waals surface area contributed by atoms with Crippen molar-refractivity contribution in [1.29, 1.82) is 0 Å². The summed E-state index contributed by atoms with van der Waals surface area (Å²) in [5.74, 6) is 0.497. The van der Waals surface area contributed by atoms with Crippen molar-refractivity contribution >= 4 is 23.4 Å². The zero-order valence-corrected chi connectivity index (χ0v) is 13.5. The third-order valence-electron chi connectivity index (χ3n) is 4.11. The molecule has 0 saturated heterocycles. The van der Waals surface area contributed by atoms with Crippen LogP contribution in [-0.4, -0.2) is 11.8 Å². The second kappa shape index (κ2) is 6.87. The molecule has 0 amide bonds. The minimum atomic E-state index is 0.497. The number of rotatable bonds is 5. The van der Waals surface area contributed by atoms with Crippen LogP contribution >= 0.6 is 23.4 Å². The molecule has 0 aromatic heterocycles. The first-order chi connectivity index (χ1) is 10.3. The standard InChI is InChI=1S/C18H20ClNS/c19-17-7-3-1-5-14(17)9-13(12-20)10-16-11-15-6-2-4-8-18(15)21-16/h1-8,13,16H,9-12,20H2. The summed E-state index contributed by atoms with van der Waals surface area (Å²) in [6.07, 6.45) is 3.30. The summed E-state index contributed by atoms with van der Waals surface area (Å²) in [6, 6.07) is 16.8. The average Bonchev–Trinajstić information content (AvgIpc) is 2.91. The van der Waals surface area contributed by atoms with Gasteiger partial charge in [-0.15, -0.1) is 11.8 Å². The highest BCUT2D eigenvalue weighted by Crippen LogP contribution is 2.40. The maximum atomic E-state index is 6.27. The molecule has 0 spiro atoms. The van der Waals surface area contributed by atoms with Gasteiger partial charge in [-0.05, 0) is 55.0 Å². The molecule has 1 nitrogen and oxygen atoms in total. The Hall–Kier alpha value is -0.960. The van der Waals surface area contributed by atoms with Gasteiger partial charge in [0, 0.05) is 15.2 Å². The lowest BCUT2D eigenvalue weighted by molar-refractivity contribution is 0.485. The van der Waals surface area contributed by atoms with Crippen LogP contribution in [0.1, 0.15) is 17.5 Å². The molecule has 0 aliphatic carbocycles. The summed E-state index contributed by atoms with van der Waals surface area (Å²) >= 11 is 8.27. The van der Waals surface area contributed by atoms with Gasteiger partial charge in [0.15, 0.2) is 0 Å². The van der Waals surface area contributed by atoms with E-state index in [1.54, 1.807) is 0 Å². The van der Waals surface area contributed by atoms with Gasteiger partial charge in [-0.3, -0.25) is 0 Å². The Morgan fingerprint density at radius 1 is 1.14 bits per heavy atom. The van der Waals surface area contributed by atoms with E-state index in [4.69, 9.17) is 17.3 Å². The Labute approximate surface area is 135 Å². The molecule has 2 unspecified atom stereocenters. The number of nitrogens with two attached hydrogens (primary N) is 1. The van der Waals surface area contributed by atoms with E-state index in [-0.39, 0.29) is 0 Å². The molecule has 110 valence electrons. The van der Waals surface area contributed by atoms with E-state index < -0.39 is 0 Å². The molecule has 0 fully saturated rings. The Kier molecular flexibility index (Phi) is 4.89. The highest BCUT2D eigenvalue weighted by Gasteiger charge is 2.24. The van der Waals surface area contributed by atoms with Crippen molar-refractivity contribution in [2.75, 3.05) is 6.54 Å². The molecule has 2 N–H and O–H groups in total. The van der Waals surface area contributed by atoms with E-state index in [0.29, 0.717) is 11.2 Å². The van der Waals surface area contributed by atoms with E-state index >= 15 is 0 Å². The van der Waals surface area contributed by atoms with Crippen LogP contribution in [0, 0.1) is 5.92 Å². The first kappa shape index (κ1) is 15.0. The maximum absolute atomic E-state index is 6.27. The predicted molar refractivity (Wildman–Crippen MR) is 92.1 cm³/mol. The van der Waals surface area contributed by atoms with E-state index in [9.17, 15) is 0 Å². The fourth-order valence-electron chi connectivity index (χ4n) is 3.00. The Morgan fingerprint density at radius 2 is 1.90 bits per heavy atom. The smallest absolute Gasteiger partial charge is 0.0438 e. The second-order valence-corrected chi connectivity index (χ2v) is 7.43. The summed E-state index contributed by atoms with van der Waals surface area (Å²) < 4.78 is 0. The van der Waals surface area contributed by atoms with Crippen LogP contribution in [0.15, 0.2) is 53.4 Å². The molecule has 3 rings (SSSR count). The normalized spacial score (nSPS) is 18.5. The van der Waals surface area contributed by atoms with Gasteiger partial charge < -0.3 is 5.73 Å². The Morgan fingerprint density at radius 3 is 2.67 bits per heavy atom. The quantitative estimate of drug-likeness (QED) is 0.874. The van der Waals surface area contributed by atoms with Crippen LogP contribution in [-0.2, 0) is 12.8 Å². The number of hydrogen-bond acceptors (Lipinski definition) is 2. The minimum absolute atomic E-state index is 0.497. The van der Waals surface area contributed by atoms with Crippen LogP contribution < -0.4 is 5.73 Å². The minimum Gasteiger partial charge on any atom is -0.330 e. The molecule has 2 aromatic carbocycles. The molecule has 2 atom stereocenters. The third-order valence-corrected chi connectivity index (χ3v) is 5.82. The van der Waals surface area contributed by atoms with Crippen molar-refractivity contribution in [3.63, 3.8) is 0 Å². The van der Waals surface area contributed by atoms with E-state index in [0.717, 1.165) is 24.4 Å². The van der Waals surface area contributed by atoms with Gasteiger partial charge in [0.1, 0.15) is 0 Å². The fourth-order valence-corrected chi connectivity index (χ4v) is 4.66. The molecule has 1 aliphatic rings. The predicted octanol–water partition coefficient (Wildman–Crippen LogP) is 4.56. The first-order valence-corrected chi connectivity index (χ1v) is 8.70. The average molecular weight is 318 g/mol. The van der Waals surface area contributed by atoms with Gasteiger partial charge in [0.2, 0.25) is 0 Å². The van der Waals surface area contributed by atoms with Crippen molar-refractivity contribution < 1.29 is 0 Å². The maximum Gasteiger partial charge on any atom is 0.0438 e. The van der Waals surface area contributed by atoms with Crippen LogP contribution in [0.4, 0.5) is 0 Å². The van der Waals surface area contributed by atoms with Gasteiger partial charge in [0.25, 0.3) is 0 Å². The highest BCUT2D eigenvalue weighted by molar-refractivity contribution is 8.00. The molecule has 1 heterocycles. The zero-order chi connectivity index (χ0) is 14.7. The summed E-state index contributed by atoms with van der Waals surface area (Å²) in [5.41, 5.74) is 8.71. The van der Waals surface area contributed by atoms with Gasteiger partial charge in [0.05, 0.1) is 0 Å². The molecular formula is C18H20ClNS. The van der Waals surface area contributed by atoms with Crippen molar-refractivity contribution in [1.82, 2.24) is 0 Å². The summed E-state index contributed by atoms with van der Waals surface area (Å²) in [6.45, 7) is 0.721. The van der Waals surface area contributed by atoms with Gasteiger partial charge in [-0.2, -0.15) is 0 Å².